The van der Waals surface area contributed by atoms with E-state index in [1.165, 1.54) is 6.20 Å². The minimum atomic E-state index is -1.50. The maximum Gasteiger partial charge on any atom is 0.509 e. The zero-order chi connectivity index (χ0) is 8.43. The molecule has 0 atom stereocenters. The molecule has 0 aliphatic heterocycles. The molecule has 58 valence electrons. The van der Waals surface area contributed by atoms with Gasteiger partial charge in [-0.15, -0.1) is 0 Å². The van der Waals surface area contributed by atoms with Crippen LogP contribution in [-0.2, 0) is 0 Å². The molecule has 1 aromatic heterocycles. The number of rotatable bonds is 1. The summed E-state index contributed by atoms with van der Waals surface area (Å²) in [5.41, 5.74) is 0.278. The highest BCUT2D eigenvalue weighted by molar-refractivity contribution is 14.1. The first kappa shape index (κ1) is 9.43. The number of pyridine rings is 1. The van der Waals surface area contributed by atoms with E-state index in [9.17, 15) is 0 Å². The van der Waals surface area contributed by atoms with E-state index in [1.807, 2.05) is 22.6 Å². The van der Waals surface area contributed by atoms with Gasteiger partial charge in [-0.25, -0.2) is 0 Å². The highest BCUT2D eigenvalue weighted by Gasteiger charge is 2.17. The fourth-order valence-electron chi connectivity index (χ4n) is 0.615. The average molecular weight is 328 g/mol. The summed E-state index contributed by atoms with van der Waals surface area (Å²) >= 11 is 5.24. The van der Waals surface area contributed by atoms with E-state index in [1.54, 1.807) is 6.07 Å². The summed E-state index contributed by atoms with van der Waals surface area (Å²) < 4.78 is 1.54. The first-order chi connectivity index (χ1) is 5.13. The molecule has 2 N–H and O–H groups in total. The summed E-state index contributed by atoms with van der Waals surface area (Å²) in [6.45, 7) is 0. The third kappa shape index (κ3) is 2.14. The second-order valence-corrected chi connectivity index (χ2v) is 3.80. The molecule has 0 saturated carbocycles. The lowest BCUT2D eigenvalue weighted by Crippen LogP contribution is -2.35. The molecule has 0 bridgehead atoms. The molecule has 1 aromatic rings. The lowest BCUT2D eigenvalue weighted by atomic mass is 9.86. The summed E-state index contributed by atoms with van der Waals surface area (Å²) in [5.74, 6) is 0. The normalized spacial score (nSPS) is 9.82. The zero-order valence-corrected chi connectivity index (χ0v) is 9.07. The van der Waals surface area contributed by atoms with Gasteiger partial charge >= 0.3 is 7.12 Å². The van der Waals surface area contributed by atoms with E-state index in [0.29, 0.717) is 0 Å². The van der Waals surface area contributed by atoms with E-state index in [0.717, 1.165) is 8.04 Å². The van der Waals surface area contributed by atoms with Crippen molar-refractivity contribution in [3.63, 3.8) is 0 Å². The van der Waals surface area contributed by atoms with Gasteiger partial charge in [-0.1, -0.05) is 0 Å². The molecule has 0 radical (unpaired) electrons. The van der Waals surface area contributed by atoms with Gasteiger partial charge in [-0.2, -0.15) is 0 Å². The van der Waals surface area contributed by atoms with Crippen LogP contribution in [0.15, 0.2) is 16.7 Å². The van der Waals surface area contributed by atoms with Crippen LogP contribution in [0.2, 0.25) is 0 Å². The second kappa shape index (κ2) is 3.84. The van der Waals surface area contributed by atoms with Crippen molar-refractivity contribution in [1.29, 1.82) is 0 Å². The SMILES string of the molecule is OB(O)c1nccc(Br)c1I. The predicted octanol–water partition coefficient (Wildman–Crippen LogP) is 0.128. The summed E-state index contributed by atoms with van der Waals surface area (Å²) in [7, 11) is -1.50. The smallest absolute Gasteiger partial charge is 0.422 e. The molecule has 1 rings (SSSR count). The Balaban J connectivity index is 3.17. The van der Waals surface area contributed by atoms with Gasteiger partial charge < -0.3 is 10.0 Å². The molecule has 0 spiro atoms. The molecule has 3 nitrogen and oxygen atoms in total. The van der Waals surface area contributed by atoms with Crippen LogP contribution in [0.1, 0.15) is 0 Å². The molecule has 11 heavy (non-hydrogen) atoms. The lowest BCUT2D eigenvalue weighted by Gasteiger charge is -2.02. The minimum absolute atomic E-state index is 0.278. The predicted molar refractivity (Wildman–Crippen MR) is 54.5 cm³/mol. The van der Waals surface area contributed by atoms with Gasteiger partial charge in [0.05, 0.1) is 5.59 Å². The number of aromatic nitrogens is 1. The van der Waals surface area contributed by atoms with Gasteiger partial charge in [0.15, 0.2) is 0 Å². The molecule has 0 amide bonds. The number of nitrogens with zero attached hydrogens (tertiary/aromatic N) is 1. The molecule has 0 aliphatic rings. The van der Waals surface area contributed by atoms with Crippen molar-refractivity contribution in [3.8, 4) is 0 Å². The van der Waals surface area contributed by atoms with E-state index >= 15 is 0 Å². The Morgan fingerprint density at radius 1 is 1.55 bits per heavy atom. The third-order valence-electron chi connectivity index (χ3n) is 1.11. The Bertz CT molecular complexity index is 271. The van der Waals surface area contributed by atoms with E-state index in [2.05, 4.69) is 20.9 Å². The van der Waals surface area contributed by atoms with E-state index in [-0.39, 0.29) is 5.59 Å². The van der Waals surface area contributed by atoms with Crippen molar-refractivity contribution >= 4 is 51.2 Å². The second-order valence-electron chi connectivity index (χ2n) is 1.87. The number of hydrogen-bond donors (Lipinski definition) is 2. The quantitative estimate of drug-likeness (QED) is 0.569. The summed E-state index contributed by atoms with van der Waals surface area (Å²) in [5, 5.41) is 17.6. The Morgan fingerprint density at radius 3 is 2.64 bits per heavy atom. The van der Waals surface area contributed by atoms with Crippen LogP contribution in [0.25, 0.3) is 0 Å². The molecule has 0 unspecified atom stereocenters. The zero-order valence-electron chi connectivity index (χ0n) is 5.33. The van der Waals surface area contributed by atoms with Crippen molar-refractivity contribution in [3.05, 3.63) is 20.3 Å². The number of halogens is 2. The monoisotopic (exact) mass is 327 g/mol. The fourth-order valence-corrected chi connectivity index (χ4v) is 1.53. The maximum atomic E-state index is 8.80. The van der Waals surface area contributed by atoms with Crippen molar-refractivity contribution in [2.45, 2.75) is 0 Å². The van der Waals surface area contributed by atoms with Gasteiger partial charge in [0.25, 0.3) is 0 Å². The van der Waals surface area contributed by atoms with Crippen LogP contribution in [0.4, 0.5) is 0 Å². The molecule has 0 fully saturated rings. The van der Waals surface area contributed by atoms with Crippen LogP contribution >= 0.6 is 38.5 Å². The van der Waals surface area contributed by atoms with Gasteiger partial charge in [0, 0.05) is 14.2 Å². The average Bonchev–Trinajstić information content (AvgIpc) is 1.94. The van der Waals surface area contributed by atoms with Crippen molar-refractivity contribution < 1.29 is 10.0 Å². The van der Waals surface area contributed by atoms with Crippen LogP contribution in [0.3, 0.4) is 0 Å². The van der Waals surface area contributed by atoms with Gasteiger partial charge in [0.2, 0.25) is 0 Å². The van der Waals surface area contributed by atoms with Crippen molar-refractivity contribution in [2.75, 3.05) is 0 Å². The molecule has 0 aliphatic carbocycles. The Hall–Kier alpha value is 0.345. The van der Waals surface area contributed by atoms with Gasteiger partial charge in [-0.3, -0.25) is 4.98 Å². The fraction of sp³-hybridized carbons (Fsp3) is 0. The maximum absolute atomic E-state index is 8.80. The highest BCUT2D eigenvalue weighted by Crippen LogP contribution is 2.14. The Labute approximate surface area is 86.3 Å². The standard InChI is InChI=1S/C5H4BBrINO2/c7-3-1-2-9-5(4(3)8)6(10)11/h1-2,10-11H. The van der Waals surface area contributed by atoms with Gasteiger partial charge in [0.1, 0.15) is 0 Å². The van der Waals surface area contributed by atoms with E-state index < -0.39 is 7.12 Å². The third-order valence-corrected chi connectivity index (χ3v) is 3.65. The Morgan fingerprint density at radius 2 is 2.18 bits per heavy atom. The van der Waals surface area contributed by atoms with Crippen molar-refractivity contribution in [2.24, 2.45) is 0 Å². The van der Waals surface area contributed by atoms with Crippen LogP contribution in [0, 0.1) is 3.57 Å². The Kier molecular flexibility index (Phi) is 3.29. The van der Waals surface area contributed by atoms with Crippen molar-refractivity contribution in [1.82, 2.24) is 4.98 Å². The largest absolute Gasteiger partial charge is 0.509 e. The van der Waals surface area contributed by atoms with Crippen LogP contribution in [-0.4, -0.2) is 22.2 Å². The molecule has 0 aromatic carbocycles. The molecule has 6 heteroatoms. The molecular weight excluding hydrogens is 324 g/mol. The molecule has 1 heterocycles. The summed E-state index contributed by atoms with van der Waals surface area (Å²) in [6.07, 6.45) is 1.51. The summed E-state index contributed by atoms with van der Waals surface area (Å²) in [4.78, 5) is 3.80. The molecular formula is C5H4BBrINO2. The van der Waals surface area contributed by atoms with Crippen LogP contribution in [0.5, 0.6) is 0 Å². The molecule has 0 saturated heterocycles. The highest BCUT2D eigenvalue weighted by atomic mass is 127. The topological polar surface area (TPSA) is 53.4 Å². The summed E-state index contributed by atoms with van der Waals surface area (Å²) in [6, 6.07) is 1.74. The first-order valence-electron chi connectivity index (χ1n) is 2.79. The minimum Gasteiger partial charge on any atom is -0.422 e. The van der Waals surface area contributed by atoms with Gasteiger partial charge in [-0.05, 0) is 44.6 Å². The van der Waals surface area contributed by atoms with E-state index in [4.69, 9.17) is 10.0 Å². The first-order valence-corrected chi connectivity index (χ1v) is 4.66. The number of hydrogen-bond acceptors (Lipinski definition) is 3. The van der Waals surface area contributed by atoms with Crippen LogP contribution < -0.4 is 5.59 Å². The lowest BCUT2D eigenvalue weighted by molar-refractivity contribution is 0.424.